The summed E-state index contributed by atoms with van der Waals surface area (Å²) in [7, 11) is 0. The number of carbonyl (C=O) groups is 2. The molecule has 0 heterocycles. The Bertz CT molecular complexity index is 132. The van der Waals surface area contributed by atoms with Gasteiger partial charge in [-0.2, -0.15) is 0 Å². The molecule has 0 saturated carbocycles. The second-order valence-corrected chi connectivity index (χ2v) is 2.15. The van der Waals surface area contributed by atoms with Crippen LogP contribution in [0.25, 0.3) is 0 Å². The van der Waals surface area contributed by atoms with Crippen LogP contribution in [0.2, 0.25) is 0 Å². The minimum absolute atomic E-state index is 0.841. The molecule has 0 aromatic rings. The lowest BCUT2D eigenvalue weighted by Crippen LogP contribution is -2.21. The van der Waals surface area contributed by atoms with E-state index in [0.717, 1.165) is 0 Å². The molecule has 52 valence electrons. The maximum Gasteiger partial charge on any atom is 0.394 e. The molecule has 9 heavy (non-hydrogen) atoms. The molecule has 0 spiro atoms. The zero-order chi connectivity index (χ0) is 7.44. The molecule has 0 amide bonds. The highest BCUT2D eigenvalue weighted by molar-refractivity contribution is 6.49. The van der Waals surface area contributed by atoms with Crippen LogP contribution < -0.4 is 0 Å². The zero-order valence-electron chi connectivity index (χ0n) is 4.56. The second kappa shape index (κ2) is 3.69. The van der Waals surface area contributed by atoms with Gasteiger partial charge in [-0.1, -0.05) is 0 Å². The van der Waals surface area contributed by atoms with Crippen LogP contribution in [0.4, 0.5) is 0 Å². The van der Waals surface area contributed by atoms with Gasteiger partial charge in [0.1, 0.15) is 17.2 Å². The Balaban J connectivity index is 3.89. The molecule has 0 N–H and O–H groups in total. The third kappa shape index (κ3) is 2.67. The highest BCUT2D eigenvalue weighted by Crippen LogP contribution is 1.97. The third-order valence-corrected chi connectivity index (χ3v) is 0.971. The van der Waals surface area contributed by atoms with Crippen molar-refractivity contribution in [1.29, 1.82) is 0 Å². The van der Waals surface area contributed by atoms with Crippen molar-refractivity contribution < 1.29 is 13.9 Å². The molecule has 0 aromatic heterocycles. The highest BCUT2D eigenvalue weighted by Gasteiger charge is 2.20. The first-order valence-corrected chi connectivity index (χ1v) is 2.85. The Labute approximate surface area is 62.0 Å². The topological polar surface area (TPSA) is 43.4 Å². The minimum atomic E-state index is -1.13. The van der Waals surface area contributed by atoms with Gasteiger partial charge in [-0.3, -0.25) is 4.79 Å². The smallest absolute Gasteiger partial charge is 0.341 e. The molecular weight excluding hydrogens is 167 g/mol. The van der Waals surface area contributed by atoms with Crippen LogP contribution >= 0.6 is 23.5 Å². The van der Waals surface area contributed by atoms with Gasteiger partial charge in [-0.15, -0.1) is 11.6 Å². The molecule has 5 heteroatoms. The van der Waals surface area contributed by atoms with Crippen LogP contribution in [0.15, 0.2) is 0 Å². The van der Waals surface area contributed by atoms with Gasteiger partial charge in [0.2, 0.25) is 0 Å². The fourth-order valence-electron chi connectivity index (χ4n) is 0.200. The van der Waals surface area contributed by atoms with Crippen LogP contribution in [0, 0.1) is 0 Å². The Kier molecular flexibility index (Phi) is 3.58. The maximum absolute atomic E-state index is 10.4. The summed E-state index contributed by atoms with van der Waals surface area (Å²) >= 11 is 9.75. The van der Waals surface area contributed by atoms with E-state index >= 15 is 0 Å². The Hall–Kier alpha value is -0.280. The van der Waals surface area contributed by atoms with Crippen LogP contribution in [-0.2, 0) is 13.9 Å². The largest absolute Gasteiger partial charge is 0.394 e. The summed E-state index contributed by atoms with van der Waals surface area (Å²) in [6, 6.07) is 0. The Morgan fingerprint density at radius 1 is 1.56 bits per heavy atom. The SMILES string of the molecule is CC(Cl)C(=O)C(=O)OCl. The number of halogens is 2. The zero-order valence-corrected chi connectivity index (χ0v) is 6.07. The summed E-state index contributed by atoms with van der Waals surface area (Å²) in [5.41, 5.74) is 0. The van der Waals surface area contributed by atoms with E-state index in [1.807, 2.05) is 0 Å². The first kappa shape index (κ1) is 8.72. The van der Waals surface area contributed by atoms with Crippen LogP contribution in [0.3, 0.4) is 0 Å². The average Bonchev–Trinajstić information content (AvgIpc) is 1.84. The van der Waals surface area contributed by atoms with Crippen molar-refractivity contribution in [3.63, 3.8) is 0 Å². The third-order valence-electron chi connectivity index (χ3n) is 0.633. The molecule has 1 atom stereocenters. The van der Waals surface area contributed by atoms with Crippen molar-refractivity contribution in [3.05, 3.63) is 0 Å². The van der Waals surface area contributed by atoms with Gasteiger partial charge >= 0.3 is 5.97 Å². The van der Waals surface area contributed by atoms with E-state index < -0.39 is 17.1 Å². The fraction of sp³-hybridized carbons (Fsp3) is 0.500. The molecular formula is C4H4Cl2O3. The molecule has 0 radical (unpaired) electrons. The lowest BCUT2D eigenvalue weighted by Gasteiger charge is -1.94. The van der Waals surface area contributed by atoms with Crippen LogP contribution in [-0.4, -0.2) is 17.1 Å². The van der Waals surface area contributed by atoms with E-state index in [4.69, 9.17) is 11.6 Å². The number of rotatable bonds is 2. The predicted molar refractivity (Wildman–Crippen MR) is 32.3 cm³/mol. The number of Topliss-reactive ketones (excluding diaryl/α,β-unsaturated/α-hetero) is 1. The Morgan fingerprint density at radius 2 is 2.00 bits per heavy atom. The first-order valence-electron chi connectivity index (χ1n) is 2.10. The molecule has 0 fully saturated rings. The lowest BCUT2D eigenvalue weighted by molar-refractivity contribution is -0.146. The van der Waals surface area contributed by atoms with Gasteiger partial charge < -0.3 is 4.29 Å². The summed E-state index contributed by atoms with van der Waals surface area (Å²) in [5.74, 6) is -1.97. The monoisotopic (exact) mass is 170 g/mol. The van der Waals surface area contributed by atoms with Crippen molar-refractivity contribution in [2.75, 3.05) is 0 Å². The molecule has 0 aliphatic heterocycles. The molecule has 0 saturated heterocycles. The number of alkyl halides is 1. The first-order chi connectivity index (χ1) is 4.09. The number of hydrogen-bond donors (Lipinski definition) is 0. The standard InChI is InChI=1S/C4H4Cl2O3/c1-2(5)3(7)4(8)9-6/h2H,1H3. The summed E-state index contributed by atoms with van der Waals surface area (Å²) in [6.07, 6.45) is 0. The number of hydrogen-bond acceptors (Lipinski definition) is 3. The van der Waals surface area contributed by atoms with Gasteiger partial charge in [0.05, 0.1) is 0 Å². The summed E-state index contributed by atoms with van der Waals surface area (Å²) in [6.45, 7) is 1.36. The van der Waals surface area contributed by atoms with E-state index in [1.165, 1.54) is 6.92 Å². The van der Waals surface area contributed by atoms with E-state index in [1.54, 1.807) is 0 Å². The normalized spacial score (nSPS) is 12.3. The molecule has 0 bridgehead atoms. The van der Waals surface area contributed by atoms with Gasteiger partial charge in [-0.05, 0) is 6.92 Å². The van der Waals surface area contributed by atoms with Gasteiger partial charge in [0.25, 0.3) is 5.78 Å². The van der Waals surface area contributed by atoms with Gasteiger partial charge in [-0.25, -0.2) is 4.79 Å². The summed E-state index contributed by atoms with van der Waals surface area (Å²) < 4.78 is 3.57. The lowest BCUT2D eigenvalue weighted by atomic mass is 10.3. The van der Waals surface area contributed by atoms with Crippen molar-refractivity contribution in [2.45, 2.75) is 12.3 Å². The molecule has 1 unspecified atom stereocenters. The molecule has 3 nitrogen and oxygen atoms in total. The van der Waals surface area contributed by atoms with Gasteiger partial charge in [0.15, 0.2) is 0 Å². The number of carbonyl (C=O) groups excluding carboxylic acids is 2. The molecule has 0 rings (SSSR count). The van der Waals surface area contributed by atoms with Crippen molar-refractivity contribution in [1.82, 2.24) is 0 Å². The highest BCUT2D eigenvalue weighted by atomic mass is 35.5. The fourth-order valence-corrected chi connectivity index (χ4v) is 0.366. The summed E-state index contributed by atoms with van der Waals surface area (Å²) in [5, 5.41) is -0.878. The van der Waals surface area contributed by atoms with Crippen molar-refractivity contribution in [2.24, 2.45) is 0 Å². The molecule has 0 aliphatic rings. The molecule has 0 aromatic carbocycles. The van der Waals surface area contributed by atoms with Crippen molar-refractivity contribution >= 4 is 35.2 Å². The number of ketones is 1. The summed E-state index contributed by atoms with van der Waals surface area (Å²) in [4.78, 5) is 20.5. The van der Waals surface area contributed by atoms with E-state index in [9.17, 15) is 9.59 Å². The maximum atomic E-state index is 10.4. The molecule has 0 aliphatic carbocycles. The van der Waals surface area contributed by atoms with Gasteiger partial charge in [0, 0.05) is 0 Å². The predicted octanol–water partition coefficient (Wildman–Crippen LogP) is 0.880. The van der Waals surface area contributed by atoms with E-state index in [2.05, 4.69) is 16.2 Å². The van der Waals surface area contributed by atoms with E-state index in [0.29, 0.717) is 0 Å². The van der Waals surface area contributed by atoms with E-state index in [-0.39, 0.29) is 0 Å². The van der Waals surface area contributed by atoms with Crippen LogP contribution in [0.5, 0.6) is 0 Å². The van der Waals surface area contributed by atoms with Crippen molar-refractivity contribution in [3.8, 4) is 0 Å². The minimum Gasteiger partial charge on any atom is -0.341 e. The average molecular weight is 171 g/mol. The van der Waals surface area contributed by atoms with Crippen LogP contribution in [0.1, 0.15) is 6.92 Å². The second-order valence-electron chi connectivity index (χ2n) is 1.34. The Morgan fingerprint density at radius 3 is 2.11 bits per heavy atom. The quantitative estimate of drug-likeness (QED) is 0.457.